The molecule has 3 aliphatic rings. The zero-order valence-corrected chi connectivity index (χ0v) is 17.9. The van der Waals surface area contributed by atoms with Crippen LogP contribution in [0.15, 0.2) is 24.3 Å². The van der Waals surface area contributed by atoms with E-state index in [4.69, 9.17) is 0 Å². The summed E-state index contributed by atoms with van der Waals surface area (Å²) in [5.41, 5.74) is 1.68. The number of hydrogen-bond acceptors (Lipinski definition) is 3. The number of nitrogens with zero attached hydrogens (tertiary/aromatic N) is 1. The third-order valence-corrected chi connectivity index (χ3v) is 7.18. The van der Waals surface area contributed by atoms with Crippen molar-refractivity contribution in [1.82, 2.24) is 10.2 Å². The largest absolute Gasteiger partial charge is 0.335 e. The topological polar surface area (TPSA) is 66.5 Å². The maximum Gasteiger partial charge on any atom is 0.324 e. The minimum atomic E-state index is -0.309. The zero-order chi connectivity index (χ0) is 20.9. The number of benzene rings is 1. The monoisotopic (exact) mass is 410 g/mol. The van der Waals surface area contributed by atoms with E-state index in [0.717, 1.165) is 62.5 Å². The number of amides is 3. The van der Waals surface area contributed by atoms with Gasteiger partial charge in [-0.1, -0.05) is 62.8 Å². The molecule has 30 heavy (non-hydrogen) atoms. The average molecular weight is 411 g/mol. The fourth-order valence-corrected chi connectivity index (χ4v) is 5.46. The first-order valence-electron chi connectivity index (χ1n) is 11.9. The van der Waals surface area contributed by atoms with Gasteiger partial charge in [-0.3, -0.25) is 14.5 Å². The lowest BCUT2D eigenvalue weighted by Crippen LogP contribution is -2.54. The molecule has 1 unspecified atom stereocenters. The smallest absolute Gasteiger partial charge is 0.324 e. The number of ketones is 1. The highest BCUT2D eigenvalue weighted by Crippen LogP contribution is 2.30. The number of carbonyl (C=O) groups is 3. The van der Waals surface area contributed by atoms with Crippen LogP contribution in [-0.4, -0.2) is 34.7 Å². The number of carbonyl (C=O) groups excluding carboxylic acids is 3. The summed E-state index contributed by atoms with van der Waals surface area (Å²) in [6.07, 6.45) is 12.1. The van der Waals surface area contributed by atoms with Gasteiger partial charge in [-0.2, -0.15) is 0 Å². The van der Waals surface area contributed by atoms with Crippen molar-refractivity contribution in [3.8, 4) is 0 Å². The second-order valence-corrected chi connectivity index (χ2v) is 9.30. The molecule has 0 spiro atoms. The molecule has 2 saturated carbocycles. The molecule has 3 amide bonds. The van der Waals surface area contributed by atoms with Crippen molar-refractivity contribution in [2.24, 2.45) is 5.92 Å². The average Bonchev–Trinajstić information content (AvgIpc) is 2.94. The van der Waals surface area contributed by atoms with Gasteiger partial charge in [0.25, 0.3) is 0 Å². The van der Waals surface area contributed by atoms with Crippen LogP contribution in [0.1, 0.15) is 93.0 Å². The van der Waals surface area contributed by atoms with Crippen molar-refractivity contribution in [1.29, 1.82) is 0 Å². The zero-order valence-electron chi connectivity index (χ0n) is 17.9. The summed E-state index contributed by atoms with van der Waals surface area (Å²) in [7, 11) is 0. The van der Waals surface area contributed by atoms with Crippen LogP contribution >= 0.6 is 0 Å². The fourth-order valence-electron chi connectivity index (χ4n) is 5.46. The molecule has 162 valence electrons. The first-order valence-corrected chi connectivity index (χ1v) is 11.9. The molecule has 0 bridgehead atoms. The van der Waals surface area contributed by atoms with Gasteiger partial charge in [0.15, 0.2) is 5.78 Å². The lowest BCUT2D eigenvalue weighted by atomic mass is 9.91. The van der Waals surface area contributed by atoms with Crippen molar-refractivity contribution in [3.63, 3.8) is 0 Å². The molecule has 4 rings (SSSR count). The van der Waals surface area contributed by atoms with Crippen LogP contribution in [0.5, 0.6) is 0 Å². The molecule has 1 aromatic carbocycles. The Kier molecular flexibility index (Phi) is 6.86. The maximum absolute atomic E-state index is 13.7. The quantitative estimate of drug-likeness (QED) is 0.711. The van der Waals surface area contributed by atoms with Crippen molar-refractivity contribution in [2.45, 2.75) is 95.6 Å². The second kappa shape index (κ2) is 9.76. The van der Waals surface area contributed by atoms with E-state index in [1.807, 2.05) is 24.3 Å². The molecular weight excluding hydrogens is 376 g/mol. The Morgan fingerprint density at radius 1 is 0.867 bits per heavy atom. The third kappa shape index (κ3) is 4.76. The summed E-state index contributed by atoms with van der Waals surface area (Å²) in [5, 5.41) is 3.18. The van der Waals surface area contributed by atoms with Gasteiger partial charge < -0.3 is 5.32 Å². The number of Topliss-reactive ketones (excluding diaryl/α,β-unsaturated/α-hetero) is 1. The molecule has 5 nitrogen and oxygen atoms in total. The molecular formula is C25H34N2O3. The Labute approximate surface area is 179 Å². The molecule has 1 atom stereocenters. The normalized spacial score (nSPS) is 23.3. The highest BCUT2D eigenvalue weighted by atomic mass is 16.2. The molecule has 0 aromatic heterocycles. The standard InChI is InChI=1S/C25H34N2O3/c28-23-16-15-19(17-18-9-7-8-14-22(18)23)24(29)27(21-12-5-2-6-13-21)25(30)26-20-10-3-1-4-11-20/h7-9,14,19-21H,1-6,10-13,15-17H2,(H,26,30). The number of fused-ring (bicyclic) bond motifs is 1. The first-order chi connectivity index (χ1) is 14.6. The molecule has 2 fully saturated rings. The molecule has 3 aliphatic carbocycles. The summed E-state index contributed by atoms with van der Waals surface area (Å²) in [6.45, 7) is 0. The number of hydrogen-bond donors (Lipinski definition) is 1. The number of nitrogens with one attached hydrogen (secondary N) is 1. The molecule has 0 heterocycles. The lowest BCUT2D eigenvalue weighted by Gasteiger charge is -2.36. The van der Waals surface area contributed by atoms with Crippen LogP contribution in [0.3, 0.4) is 0 Å². The van der Waals surface area contributed by atoms with E-state index in [0.29, 0.717) is 19.3 Å². The van der Waals surface area contributed by atoms with E-state index in [1.165, 1.54) is 12.8 Å². The summed E-state index contributed by atoms with van der Waals surface area (Å²) in [5.74, 6) is -0.284. The lowest BCUT2D eigenvalue weighted by molar-refractivity contribution is -0.135. The van der Waals surface area contributed by atoms with Crippen LogP contribution in [0, 0.1) is 5.92 Å². The van der Waals surface area contributed by atoms with Gasteiger partial charge in [0, 0.05) is 30.0 Å². The molecule has 0 saturated heterocycles. The van der Waals surface area contributed by atoms with Crippen molar-refractivity contribution >= 4 is 17.7 Å². The minimum absolute atomic E-state index is 0.0101. The van der Waals surface area contributed by atoms with Gasteiger partial charge in [-0.15, -0.1) is 0 Å². The summed E-state index contributed by atoms with van der Waals surface area (Å²) in [4.78, 5) is 41.1. The number of rotatable bonds is 3. The predicted molar refractivity (Wildman–Crippen MR) is 116 cm³/mol. The van der Waals surface area contributed by atoms with Gasteiger partial charge in [0.1, 0.15) is 0 Å². The van der Waals surface area contributed by atoms with Gasteiger partial charge in [-0.05, 0) is 44.1 Å². The Bertz CT molecular complexity index is 778. The van der Waals surface area contributed by atoms with E-state index in [9.17, 15) is 14.4 Å². The fraction of sp³-hybridized carbons (Fsp3) is 0.640. The maximum atomic E-state index is 13.7. The van der Waals surface area contributed by atoms with Crippen LogP contribution in [0.25, 0.3) is 0 Å². The number of imide groups is 1. The molecule has 0 aliphatic heterocycles. The first kappa shape index (κ1) is 21.1. The summed E-state index contributed by atoms with van der Waals surface area (Å²) >= 11 is 0. The van der Waals surface area contributed by atoms with Crippen LogP contribution < -0.4 is 5.32 Å². The van der Waals surface area contributed by atoms with Crippen molar-refractivity contribution < 1.29 is 14.4 Å². The van der Waals surface area contributed by atoms with Gasteiger partial charge >= 0.3 is 6.03 Å². The van der Waals surface area contributed by atoms with Gasteiger partial charge in [-0.25, -0.2) is 4.79 Å². The molecule has 0 radical (unpaired) electrons. The third-order valence-electron chi connectivity index (χ3n) is 7.18. The Balaban J connectivity index is 1.54. The van der Waals surface area contributed by atoms with Crippen LogP contribution in [0.4, 0.5) is 4.79 Å². The second-order valence-electron chi connectivity index (χ2n) is 9.30. The van der Waals surface area contributed by atoms with Crippen LogP contribution in [-0.2, 0) is 11.2 Å². The SMILES string of the molecule is O=C1CCC(C(=O)N(C(=O)NC2CCCCC2)C2CCCCC2)Cc2ccccc21. The highest BCUT2D eigenvalue weighted by molar-refractivity contribution is 6.00. The predicted octanol–water partition coefficient (Wildman–Crippen LogP) is 5.03. The summed E-state index contributed by atoms with van der Waals surface area (Å²) < 4.78 is 0. The number of urea groups is 1. The van der Waals surface area contributed by atoms with E-state index in [1.54, 1.807) is 4.90 Å². The Hall–Kier alpha value is -2.17. The molecule has 1 N–H and O–H groups in total. The highest BCUT2D eigenvalue weighted by Gasteiger charge is 2.37. The van der Waals surface area contributed by atoms with E-state index in [-0.39, 0.29) is 35.7 Å². The summed E-state index contributed by atoms with van der Waals surface area (Å²) in [6, 6.07) is 7.58. The van der Waals surface area contributed by atoms with Crippen molar-refractivity contribution in [3.05, 3.63) is 35.4 Å². The van der Waals surface area contributed by atoms with Gasteiger partial charge in [0.05, 0.1) is 0 Å². The van der Waals surface area contributed by atoms with E-state index < -0.39 is 0 Å². The Morgan fingerprint density at radius 2 is 1.53 bits per heavy atom. The Morgan fingerprint density at radius 3 is 2.27 bits per heavy atom. The van der Waals surface area contributed by atoms with Gasteiger partial charge in [0.2, 0.25) is 5.91 Å². The molecule has 1 aromatic rings. The molecule has 5 heteroatoms. The van der Waals surface area contributed by atoms with E-state index in [2.05, 4.69) is 5.32 Å². The van der Waals surface area contributed by atoms with E-state index >= 15 is 0 Å². The minimum Gasteiger partial charge on any atom is -0.335 e. The van der Waals surface area contributed by atoms with Crippen molar-refractivity contribution in [2.75, 3.05) is 0 Å². The van der Waals surface area contributed by atoms with Crippen LogP contribution in [0.2, 0.25) is 0 Å².